The van der Waals surface area contributed by atoms with Crippen LogP contribution < -0.4 is 0 Å². The van der Waals surface area contributed by atoms with Crippen molar-refractivity contribution in [2.45, 2.75) is 0 Å². The van der Waals surface area contributed by atoms with Crippen LogP contribution in [-0.4, -0.2) is 16.8 Å². The van der Waals surface area contributed by atoms with E-state index in [-0.39, 0.29) is 5.71 Å². The van der Waals surface area contributed by atoms with E-state index in [1.165, 1.54) is 0 Å². The van der Waals surface area contributed by atoms with Gasteiger partial charge in [0, 0.05) is 0 Å². The maximum absolute atomic E-state index is 10.6. The van der Waals surface area contributed by atoms with Crippen LogP contribution in [0.15, 0.2) is 30.3 Å². The lowest BCUT2D eigenvalue weighted by atomic mass is 9.98. The van der Waals surface area contributed by atoms with Gasteiger partial charge in [0.1, 0.15) is 0 Å². The molecule has 0 amide bonds. The van der Waals surface area contributed by atoms with Crippen LogP contribution in [0, 0.1) is 22.7 Å². The first-order chi connectivity index (χ1) is 6.66. The molecule has 2 N–H and O–H groups in total. The summed E-state index contributed by atoms with van der Waals surface area (Å²) in [7, 11) is 0. The zero-order valence-electron chi connectivity index (χ0n) is 7.27. The number of aliphatic carboxylic acids is 1. The number of hydrogen-bond donors (Lipinski definition) is 2. The van der Waals surface area contributed by atoms with Gasteiger partial charge in [-0.3, -0.25) is 4.79 Å². The van der Waals surface area contributed by atoms with Crippen molar-refractivity contribution < 1.29 is 9.90 Å². The molecular formula is C10H8N2O2. The van der Waals surface area contributed by atoms with Gasteiger partial charge < -0.3 is 10.5 Å². The van der Waals surface area contributed by atoms with E-state index in [1.807, 2.05) is 0 Å². The molecule has 1 rings (SSSR count). The summed E-state index contributed by atoms with van der Waals surface area (Å²) in [6.45, 7) is 0. The first kappa shape index (κ1) is 9.93. The molecule has 4 heteroatoms. The predicted molar refractivity (Wildman–Crippen MR) is 50.0 cm³/mol. The molecule has 0 aliphatic heterocycles. The molecule has 1 unspecified atom stereocenters. The number of nitriles is 1. The molecule has 0 aliphatic carbocycles. The molecule has 70 valence electrons. The Labute approximate surface area is 80.9 Å². The SMILES string of the molecule is N#CC(C(=N)c1ccccc1)C(=O)O. The molecule has 0 fully saturated rings. The van der Waals surface area contributed by atoms with Crippen molar-refractivity contribution in [2.75, 3.05) is 0 Å². The van der Waals surface area contributed by atoms with Crippen LogP contribution in [0.4, 0.5) is 0 Å². The number of rotatable bonds is 3. The van der Waals surface area contributed by atoms with Crippen molar-refractivity contribution in [2.24, 2.45) is 5.92 Å². The molecule has 4 nitrogen and oxygen atoms in total. The first-order valence-electron chi connectivity index (χ1n) is 3.93. The summed E-state index contributed by atoms with van der Waals surface area (Å²) in [5, 5.41) is 24.7. The maximum Gasteiger partial charge on any atom is 0.327 e. The standard InChI is InChI=1S/C10H8N2O2/c11-6-8(10(13)14)9(12)7-4-2-1-3-5-7/h1-5,8,12H,(H,13,14). The summed E-state index contributed by atoms with van der Waals surface area (Å²) in [5.41, 5.74) is 0.280. The molecule has 0 saturated carbocycles. The Kier molecular flexibility index (Phi) is 2.97. The fourth-order valence-corrected chi connectivity index (χ4v) is 1.03. The van der Waals surface area contributed by atoms with Crippen molar-refractivity contribution in [3.8, 4) is 6.07 Å². The Bertz CT molecular complexity index is 392. The van der Waals surface area contributed by atoms with Crippen molar-refractivity contribution in [1.82, 2.24) is 0 Å². The van der Waals surface area contributed by atoms with Crippen LogP contribution in [0.2, 0.25) is 0 Å². The van der Waals surface area contributed by atoms with Gasteiger partial charge in [-0.2, -0.15) is 5.26 Å². The third-order valence-electron chi connectivity index (χ3n) is 1.75. The second-order valence-electron chi connectivity index (χ2n) is 2.68. The average Bonchev–Trinajstić information content (AvgIpc) is 2.19. The molecule has 0 heterocycles. The maximum atomic E-state index is 10.6. The Hall–Kier alpha value is -2.15. The Morgan fingerprint density at radius 1 is 1.43 bits per heavy atom. The van der Waals surface area contributed by atoms with Crippen molar-refractivity contribution in [3.05, 3.63) is 35.9 Å². The van der Waals surface area contributed by atoms with Crippen molar-refractivity contribution in [3.63, 3.8) is 0 Å². The molecule has 0 saturated heterocycles. The highest BCUT2D eigenvalue weighted by atomic mass is 16.4. The second-order valence-corrected chi connectivity index (χ2v) is 2.68. The monoisotopic (exact) mass is 188 g/mol. The molecular weight excluding hydrogens is 180 g/mol. The molecule has 0 bridgehead atoms. The minimum absolute atomic E-state index is 0.180. The average molecular weight is 188 g/mol. The van der Waals surface area contributed by atoms with Crippen LogP contribution in [-0.2, 0) is 4.79 Å². The minimum Gasteiger partial charge on any atom is -0.480 e. The van der Waals surface area contributed by atoms with Gasteiger partial charge in [0.05, 0.1) is 11.8 Å². The molecule has 0 spiro atoms. The molecule has 1 aromatic carbocycles. The highest BCUT2D eigenvalue weighted by molar-refractivity contribution is 6.11. The largest absolute Gasteiger partial charge is 0.480 e. The smallest absolute Gasteiger partial charge is 0.327 e. The van der Waals surface area contributed by atoms with Gasteiger partial charge in [0.25, 0.3) is 0 Å². The second kappa shape index (κ2) is 4.19. The van der Waals surface area contributed by atoms with E-state index in [0.29, 0.717) is 5.56 Å². The van der Waals surface area contributed by atoms with Gasteiger partial charge in [0.15, 0.2) is 5.92 Å². The van der Waals surface area contributed by atoms with Crippen molar-refractivity contribution in [1.29, 1.82) is 10.7 Å². The number of benzene rings is 1. The molecule has 14 heavy (non-hydrogen) atoms. The lowest BCUT2D eigenvalue weighted by molar-refractivity contribution is -0.137. The van der Waals surface area contributed by atoms with Gasteiger partial charge in [-0.1, -0.05) is 30.3 Å². The summed E-state index contributed by atoms with van der Waals surface area (Å²) in [5.74, 6) is -2.68. The summed E-state index contributed by atoms with van der Waals surface area (Å²) < 4.78 is 0. The minimum atomic E-state index is -1.39. The molecule has 0 radical (unpaired) electrons. The lowest BCUT2D eigenvalue weighted by Gasteiger charge is -2.05. The van der Waals surface area contributed by atoms with Crippen LogP contribution in [0.5, 0.6) is 0 Å². The number of carboxylic acid groups (broad SMARTS) is 1. The fraction of sp³-hybridized carbons (Fsp3) is 0.100. The zero-order chi connectivity index (χ0) is 10.6. The summed E-state index contributed by atoms with van der Waals surface area (Å²) in [6, 6.07) is 9.94. The molecule has 0 aromatic heterocycles. The van der Waals surface area contributed by atoms with E-state index in [9.17, 15) is 4.79 Å². The lowest BCUT2D eigenvalue weighted by Crippen LogP contribution is -2.22. The Morgan fingerprint density at radius 2 is 2.00 bits per heavy atom. The number of hydrogen-bond acceptors (Lipinski definition) is 3. The first-order valence-corrected chi connectivity index (χ1v) is 3.93. The zero-order valence-corrected chi connectivity index (χ0v) is 7.27. The molecule has 0 aliphatic rings. The van der Waals surface area contributed by atoms with Gasteiger partial charge in [0.2, 0.25) is 0 Å². The van der Waals surface area contributed by atoms with E-state index in [0.717, 1.165) is 0 Å². The predicted octanol–water partition coefficient (Wildman–Crippen LogP) is 1.28. The Balaban J connectivity index is 2.97. The van der Waals surface area contributed by atoms with Crippen molar-refractivity contribution >= 4 is 11.7 Å². The highest BCUT2D eigenvalue weighted by Gasteiger charge is 2.22. The molecule has 1 atom stereocenters. The Morgan fingerprint density at radius 3 is 2.43 bits per heavy atom. The topological polar surface area (TPSA) is 84.9 Å². The van der Waals surface area contributed by atoms with E-state index in [1.54, 1.807) is 36.4 Å². The van der Waals surface area contributed by atoms with Gasteiger partial charge >= 0.3 is 5.97 Å². The van der Waals surface area contributed by atoms with E-state index in [2.05, 4.69) is 0 Å². The quantitative estimate of drug-likeness (QED) is 0.700. The normalized spacial score (nSPS) is 11.4. The highest BCUT2D eigenvalue weighted by Crippen LogP contribution is 2.08. The van der Waals surface area contributed by atoms with Crippen LogP contribution >= 0.6 is 0 Å². The van der Waals surface area contributed by atoms with Crippen LogP contribution in [0.3, 0.4) is 0 Å². The van der Waals surface area contributed by atoms with Gasteiger partial charge in [-0.25, -0.2) is 0 Å². The number of carbonyl (C=O) groups is 1. The summed E-state index contributed by atoms with van der Waals surface area (Å²) in [6.07, 6.45) is 0. The number of carboxylic acids is 1. The van der Waals surface area contributed by atoms with Crippen LogP contribution in [0.1, 0.15) is 5.56 Å². The van der Waals surface area contributed by atoms with E-state index >= 15 is 0 Å². The van der Waals surface area contributed by atoms with Crippen LogP contribution in [0.25, 0.3) is 0 Å². The third-order valence-corrected chi connectivity index (χ3v) is 1.75. The van der Waals surface area contributed by atoms with Gasteiger partial charge in [-0.15, -0.1) is 0 Å². The third kappa shape index (κ3) is 1.96. The van der Waals surface area contributed by atoms with E-state index < -0.39 is 11.9 Å². The van der Waals surface area contributed by atoms with E-state index in [4.69, 9.17) is 15.8 Å². The summed E-state index contributed by atoms with van der Waals surface area (Å²) >= 11 is 0. The van der Waals surface area contributed by atoms with Gasteiger partial charge in [-0.05, 0) is 5.56 Å². The fourth-order valence-electron chi connectivity index (χ4n) is 1.03. The molecule has 1 aromatic rings. The number of nitrogens with one attached hydrogen (secondary N) is 1. The summed E-state index contributed by atoms with van der Waals surface area (Å²) in [4.78, 5) is 10.6. The number of nitrogens with zero attached hydrogens (tertiary/aromatic N) is 1.